The van der Waals surface area contributed by atoms with Crippen molar-refractivity contribution < 1.29 is 4.79 Å². The molecule has 1 aliphatic heterocycles. The van der Waals surface area contributed by atoms with Crippen molar-refractivity contribution in [2.75, 3.05) is 6.54 Å². The van der Waals surface area contributed by atoms with Crippen molar-refractivity contribution in [1.82, 2.24) is 10.2 Å². The van der Waals surface area contributed by atoms with Crippen molar-refractivity contribution in [3.8, 4) is 0 Å². The normalized spacial score (nSPS) is 27.8. The van der Waals surface area contributed by atoms with E-state index >= 15 is 0 Å². The number of likely N-dealkylation sites (tertiary alicyclic amines) is 1. The molecule has 138 valence electrons. The Balaban J connectivity index is 1.46. The summed E-state index contributed by atoms with van der Waals surface area (Å²) in [6, 6.07) is 9.60. The largest absolute Gasteiger partial charge is 0.352 e. The molecule has 0 spiro atoms. The lowest BCUT2D eigenvalue weighted by Crippen LogP contribution is -2.37. The zero-order valence-electron chi connectivity index (χ0n) is 15.5. The van der Waals surface area contributed by atoms with Crippen LogP contribution in [0.5, 0.6) is 0 Å². The molecule has 3 N–H and O–H groups in total. The summed E-state index contributed by atoms with van der Waals surface area (Å²) in [4.78, 5) is 14.9. The summed E-state index contributed by atoms with van der Waals surface area (Å²) in [6.07, 6.45) is 7.94. The lowest BCUT2D eigenvalue weighted by molar-refractivity contribution is -0.126. The molecular weight excluding hydrogens is 310 g/mol. The molecule has 0 radical (unpaired) electrons. The molecule has 1 saturated carbocycles. The van der Waals surface area contributed by atoms with Crippen LogP contribution in [0, 0.1) is 5.92 Å². The number of nitrogens with zero attached hydrogens (tertiary/aromatic N) is 1. The number of hydrogen-bond acceptors (Lipinski definition) is 3. The smallest absolute Gasteiger partial charge is 0.223 e. The molecule has 4 nitrogen and oxygen atoms in total. The van der Waals surface area contributed by atoms with Gasteiger partial charge in [0.05, 0.1) is 0 Å². The van der Waals surface area contributed by atoms with Crippen molar-refractivity contribution in [3.63, 3.8) is 0 Å². The lowest BCUT2D eigenvalue weighted by atomic mass is 9.85. The van der Waals surface area contributed by atoms with Gasteiger partial charge < -0.3 is 11.1 Å². The molecule has 1 aromatic carbocycles. The van der Waals surface area contributed by atoms with E-state index in [2.05, 4.69) is 41.4 Å². The van der Waals surface area contributed by atoms with Gasteiger partial charge in [-0.3, -0.25) is 9.69 Å². The molecule has 1 amide bonds. The molecule has 0 aromatic heterocycles. The van der Waals surface area contributed by atoms with Crippen LogP contribution in [0.25, 0.3) is 0 Å². The summed E-state index contributed by atoms with van der Waals surface area (Å²) in [5, 5.41) is 3.09. The van der Waals surface area contributed by atoms with Crippen molar-refractivity contribution in [3.05, 3.63) is 35.4 Å². The number of amides is 1. The zero-order chi connectivity index (χ0) is 17.6. The van der Waals surface area contributed by atoms with E-state index in [0.717, 1.165) is 32.2 Å². The van der Waals surface area contributed by atoms with Gasteiger partial charge in [0.25, 0.3) is 0 Å². The van der Waals surface area contributed by atoms with Crippen LogP contribution in [0.15, 0.2) is 24.3 Å². The highest BCUT2D eigenvalue weighted by atomic mass is 16.1. The Bertz CT molecular complexity index is 557. The molecular formula is C21H33N3O. The third kappa shape index (κ3) is 5.29. The topological polar surface area (TPSA) is 58.4 Å². The molecule has 3 atom stereocenters. The van der Waals surface area contributed by atoms with Crippen LogP contribution < -0.4 is 11.1 Å². The molecule has 4 heteroatoms. The second-order valence-corrected chi connectivity index (χ2v) is 7.97. The SMILES string of the molecule is CC1CCCCN1Cc1ccc(CNC(=O)C2CCCC(N)C2)cc1. The number of hydrogen-bond donors (Lipinski definition) is 2. The average Bonchev–Trinajstić information content (AvgIpc) is 2.63. The fourth-order valence-electron chi connectivity index (χ4n) is 4.19. The molecule has 1 aliphatic carbocycles. The van der Waals surface area contributed by atoms with Crippen molar-refractivity contribution in [2.24, 2.45) is 11.7 Å². The average molecular weight is 344 g/mol. The fourth-order valence-corrected chi connectivity index (χ4v) is 4.19. The predicted octanol–water partition coefficient (Wildman–Crippen LogP) is 3.19. The van der Waals surface area contributed by atoms with Crippen LogP contribution in [0.1, 0.15) is 63.0 Å². The van der Waals surface area contributed by atoms with Gasteiger partial charge in [0, 0.05) is 31.1 Å². The van der Waals surface area contributed by atoms with Gasteiger partial charge in [-0.05, 0) is 56.7 Å². The molecule has 0 bridgehead atoms. The standard InChI is InChI=1S/C21H33N3O/c1-16-5-2-3-12-24(16)15-18-10-8-17(9-11-18)14-23-21(25)19-6-4-7-20(22)13-19/h8-11,16,19-20H,2-7,12-15,22H2,1H3,(H,23,25). The number of nitrogens with one attached hydrogen (secondary N) is 1. The van der Waals surface area contributed by atoms with E-state index < -0.39 is 0 Å². The Morgan fingerprint density at radius 2 is 1.88 bits per heavy atom. The van der Waals surface area contributed by atoms with E-state index in [9.17, 15) is 4.79 Å². The van der Waals surface area contributed by atoms with Crippen LogP contribution >= 0.6 is 0 Å². The maximum absolute atomic E-state index is 12.3. The minimum absolute atomic E-state index is 0.101. The quantitative estimate of drug-likeness (QED) is 0.863. The van der Waals surface area contributed by atoms with Gasteiger partial charge in [0.2, 0.25) is 5.91 Å². The first-order chi connectivity index (χ1) is 12.1. The molecule has 3 rings (SSSR count). The van der Waals surface area contributed by atoms with Crippen molar-refractivity contribution >= 4 is 5.91 Å². The van der Waals surface area contributed by atoms with E-state index in [1.54, 1.807) is 0 Å². The minimum Gasteiger partial charge on any atom is -0.352 e. The number of carbonyl (C=O) groups is 1. The van der Waals surface area contributed by atoms with Crippen LogP contribution in [0.2, 0.25) is 0 Å². The molecule has 2 aliphatic rings. The maximum atomic E-state index is 12.3. The van der Waals surface area contributed by atoms with Gasteiger partial charge in [-0.25, -0.2) is 0 Å². The third-order valence-electron chi connectivity index (χ3n) is 5.90. The van der Waals surface area contributed by atoms with Crippen molar-refractivity contribution in [1.29, 1.82) is 0 Å². The van der Waals surface area contributed by atoms with Gasteiger partial charge >= 0.3 is 0 Å². The van der Waals surface area contributed by atoms with Crippen LogP contribution in [-0.4, -0.2) is 29.4 Å². The Hall–Kier alpha value is -1.39. The summed E-state index contributed by atoms with van der Waals surface area (Å²) < 4.78 is 0. The second kappa shape index (κ2) is 8.81. The zero-order valence-corrected chi connectivity index (χ0v) is 15.5. The molecule has 1 heterocycles. The van der Waals surface area contributed by atoms with Crippen LogP contribution in [0.4, 0.5) is 0 Å². The van der Waals surface area contributed by atoms with E-state index in [1.807, 2.05) is 0 Å². The van der Waals surface area contributed by atoms with E-state index in [1.165, 1.54) is 36.9 Å². The summed E-state index contributed by atoms with van der Waals surface area (Å²) >= 11 is 0. The first-order valence-electron chi connectivity index (χ1n) is 9.97. The van der Waals surface area contributed by atoms with Gasteiger partial charge in [0.1, 0.15) is 0 Å². The number of piperidine rings is 1. The highest BCUT2D eigenvalue weighted by molar-refractivity contribution is 5.78. The van der Waals surface area contributed by atoms with Gasteiger partial charge in [-0.1, -0.05) is 37.1 Å². The Morgan fingerprint density at radius 1 is 1.12 bits per heavy atom. The molecule has 25 heavy (non-hydrogen) atoms. The first-order valence-corrected chi connectivity index (χ1v) is 9.97. The maximum Gasteiger partial charge on any atom is 0.223 e. The van der Waals surface area contributed by atoms with Gasteiger partial charge in [0.15, 0.2) is 0 Å². The van der Waals surface area contributed by atoms with Gasteiger partial charge in [-0.2, -0.15) is 0 Å². The Morgan fingerprint density at radius 3 is 2.60 bits per heavy atom. The fraction of sp³-hybridized carbons (Fsp3) is 0.667. The Kier molecular flexibility index (Phi) is 6.49. The summed E-state index contributed by atoms with van der Waals surface area (Å²) in [6.45, 7) is 5.20. The number of rotatable bonds is 5. The molecule has 3 unspecified atom stereocenters. The number of carbonyl (C=O) groups excluding carboxylic acids is 1. The lowest BCUT2D eigenvalue weighted by Gasteiger charge is -2.33. The first kappa shape index (κ1) is 18.4. The molecule has 1 saturated heterocycles. The van der Waals surface area contributed by atoms with Crippen LogP contribution in [-0.2, 0) is 17.9 Å². The van der Waals surface area contributed by atoms with Crippen LogP contribution in [0.3, 0.4) is 0 Å². The predicted molar refractivity (Wildman–Crippen MR) is 102 cm³/mol. The van der Waals surface area contributed by atoms with E-state index in [0.29, 0.717) is 12.6 Å². The monoisotopic (exact) mass is 343 g/mol. The highest BCUT2D eigenvalue weighted by Gasteiger charge is 2.25. The van der Waals surface area contributed by atoms with E-state index in [4.69, 9.17) is 5.73 Å². The van der Waals surface area contributed by atoms with Gasteiger partial charge in [-0.15, -0.1) is 0 Å². The third-order valence-corrected chi connectivity index (χ3v) is 5.90. The number of benzene rings is 1. The minimum atomic E-state index is 0.101. The van der Waals surface area contributed by atoms with E-state index in [-0.39, 0.29) is 17.9 Å². The molecule has 1 aromatic rings. The summed E-state index contributed by atoms with van der Waals surface area (Å²) in [5.41, 5.74) is 8.52. The van der Waals surface area contributed by atoms with Crippen molar-refractivity contribution in [2.45, 2.75) is 77.0 Å². The highest BCUT2D eigenvalue weighted by Crippen LogP contribution is 2.23. The Labute approximate surface area is 152 Å². The summed E-state index contributed by atoms with van der Waals surface area (Å²) in [7, 11) is 0. The number of nitrogens with two attached hydrogens (primary N) is 1. The second-order valence-electron chi connectivity index (χ2n) is 7.97. The molecule has 2 fully saturated rings. The summed E-state index contributed by atoms with van der Waals surface area (Å²) in [5.74, 6) is 0.269.